The first-order valence-corrected chi connectivity index (χ1v) is 22.2. The van der Waals surface area contributed by atoms with E-state index in [1.54, 1.807) is 0 Å². The van der Waals surface area contributed by atoms with Crippen molar-refractivity contribution in [2.24, 2.45) is 0 Å². The van der Waals surface area contributed by atoms with E-state index in [-0.39, 0.29) is 19.4 Å². The van der Waals surface area contributed by atoms with Crippen molar-refractivity contribution < 1.29 is 56.8 Å². The Hall–Kier alpha value is -1.35. The average molecular weight is 767 g/mol. The molecule has 1 heterocycles. The predicted octanol–water partition coefficient (Wildman–Crippen LogP) is 7.34. The lowest BCUT2D eigenvalue weighted by atomic mass is 10.00. The van der Waals surface area contributed by atoms with Crippen LogP contribution >= 0.6 is 0 Å². The number of aliphatic hydroxyl groups is 3. The van der Waals surface area contributed by atoms with Crippen molar-refractivity contribution in [2.75, 3.05) is 19.0 Å². The van der Waals surface area contributed by atoms with Crippen LogP contribution in [-0.2, 0) is 38.7 Å². The summed E-state index contributed by atoms with van der Waals surface area (Å²) in [6, 6.07) is 0. The van der Waals surface area contributed by atoms with Gasteiger partial charge in [-0.3, -0.25) is 14.1 Å². The molecule has 0 spiro atoms. The molecule has 1 fully saturated rings. The fraction of sp³-hybridized carbons (Fsp3) is 0.949. The van der Waals surface area contributed by atoms with E-state index in [1.165, 1.54) is 103 Å². The Bertz CT molecular complexity index is 994. The van der Waals surface area contributed by atoms with Crippen LogP contribution in [0.4, 0.5) is 0 Å². The molecule has 2 unspecified atom stereocenters. The molecule has 4 N–H and O–H groups in total. The van der Waals surface area contributed by atoms with Gasteiger partial charge in [-0.25, -0.2) is 0 Å². The van der Waals surface area contributed by atoms with Crippen LogP contribution in [0.5, 0.6) is 0 Å². The van der Waals surface area contributed by atoms with Crippen LogP contribution in [0.15, 0.2) is 0 Å². The molecule has 1 aliphatic heterocycles. The van der Waals surface area contributed by atoms with Gasteiger partial charge in [-0.2, -0.15) is 8.42 Å². The Morgan fingerprint density at radius 2 is 0.981 bits per heavy atom. The van der Waals surface area contributed by atoms with Gasteiger partial charge in [-0.05, 0) is 12.8 Å². The summed E-state index contributed by atoms with van der Waals surface area (Å²) in [6.07, 6.45) is 18.7. The largest absolute Gasteiger partial charge is 0.462 e. The maximum atomic E-state index is 12.7. The van der Waals surface area contributed by atoms with E-state index in [9.17, 15) is 37.9 Å². The van der Waals surface area contributed by atoms with E-state index in [0.29, 0.717) is 12.8 Å². The van der Waals surface area contributed by atoms with Gasteiger partial charge in [0.05, 0.1) is 6.61 Å². The number of aliphatic hydroxyl groups excluding tert-OH is 3. The molecule has 12 nitrogen and oxygen atoms in total. The normalized spacial score (nSPS) is 21.2. The molecule has 0 bridgehead atoms. The van der Waals surface area contributed by atoms with Crippen molar-refractivity contribution in [3.8, 4) is 0 Å². The third-order valence-electron chi connectivity index (χ3n) is 9.69. The first-order chi connectivity index (χ1) is 25.0. The Labute approximate surface area is 314 Å². The van der Waals surface area contributed by atoms with Gasteiger partial charge in [0.15, 0.2) is 12.4 Å². The number of rotatable bonds is 34. The highest BCUT2D eigenvalue weighted by Crippen LogP contribution is 2.24. The second kappa shape index (κ2) is 30.9. The van der Waals surface area contributed by atoms with Gasteiger partial charge in [-0.1, -0.05) is 155 Å². The van der Waals surface area contributed by atoms with E-state index in [1.807, 2.05) is 0 Å². The van der Waals surface area contributed by atoms with Crippen molar-refractivity contribution in [1.29, 1.82) is 0 Å². The molecule has 1 saturated heterocycles. The zero-order chi connectivity index (χ0) is 38.5. The fourth-order valence-electron chi connectivity index (χ4n) is 6.44. The molecule has 0 aromatic heterocycles. The number of ether oxygens (including phenoxy) is 4. The smallest absolute Gasteiger partial charge is 0.306 e. The van der Waals surface area contributed by atoms with Crippen LogP contribution in [0, 0.1) is 0 Å². The summed E-state index contributed by atoms with van der Waals surface area (Å²) in [5, 5.41) is 30.8. The predicted molar refractivity (Wildman–Crippen MR) is 201 cm³/mol. The van der Waals surface area contributed by atoms with Crippen LogP contribution in [0.1, 0.15) is 181 Å². The maximum absolute atomic E-state index is 12.7. The summed E-state index contributed by atoms with van der Waals surface area (Å²) in [5.74, 6) is -1.97. The van der Waals surface area contributed by atoms with Crippen LogP contribution in [0.25, 0.3) is 0 Å². The molecule has 13 heteroatoms. The SMILES string of the molecule is CCCCCCCCCCCCCCCC(=O)O[C@H](COC(=O)CCCCCCCCCCCCC)CO[C@H]1O[C@H](CS(=O)(=O)O)[C@@H](O)C(O)C1O. The van der Waals surface area contributed by atoms with E-state index in [2.05, 4.69) is 13.8 Å². The van der Waals surface area contributed by atoms with Gasteiger partial charge >= 0.3 is 11.9 Å². The molecule has 308 valence electrons. The van der Waals surface area contributed by atoms with Crippen molar-refractivity contribution in [1.82, 2.24) is 0 Å². The fourth-order valence-corrected chi connectivity index (χ4v) is 7.13. The Kier molecular flexibility index (Phi) is 28.9. The summed E-state index contributed by atoms with van der Waals surface area (Å²) in [6.45, 7) is 3.74. The van der Waals surface area contributed by atoms with Crippen LogP contribution < -0.4 is 0 Å². The molecule has 0 aromatic carbocycles. The zero-order valence-electron chi connectivity index (χ0n) is 32.4. The maximum Gasteiger partial charge on any atom is 0.306 e. The van der Waals surface area contributed by atoms with Crippen molar-refractivity contribution >= 4 is 22.1 Å². The lowest BCUT2D eigenvalue weighted by Crippen LogP contribution is -2.60. The number of hydrogen-bond acceptors (Lipinski definition) is 11. The molecule has 0 aliphatic carbocycles. The second-order valence-electron chi connectivity index (χ2n) is 14.7. The van der Waals surface area contributed by atoms with Gasteiger partial charge < -0.3 is 34.3 Å². The molecule has 0 aromatic rings. The summed E-state index contributed by atoms with van der Waals surface area (Å²) in [4.78, 5) is 25.2. The topological polar surface area (TPSA) is 186 Å². The van der Waals surface area contributed by atoms with E-state index in [0.717, 1.165) is 38.5 Å². The first kappa shape index (κ1) is 48.7. The highest BCUT2D eigenvalue weighted by atomic mass is 32.2. The number of esters is 2. The average Bonchev–Trinajstić information content (AvgIpc) is 3.10. The highest BCUT2D eigenvalue weighted by Gasteiger charge is 2.46. The zero-order valence-corrected chi connectivity index (χ0v) is 33.2. The number of unbranched alkanes of at least 4 members (excludes halogenated alkanes) is 22. The molecule has 1 rings (SSSR count). The minimum absolute atomic E-state index is 0.171. The first-order valence-electron chi connectivity index (χ1n) is 20.6. The summed E-state index contributed by atoms with van der Waals surface area (Å²) < 4.78 is 53.9. The summed E-state index contributed by atoms with van der Waals surface area (Å²) in [7, 11) is -4.59. The lowest BCUT2D eigenvalue weighted by Gasteiger charge is -2.40. The molecule has 0 amide bonds. The minimum atomic E-state index is -4.59. The Morgan fingerprint density at radius 3 is 1.40 bits per heavy atom. The van der Waals surface area contributed by atoms with Crippen molar-refractivity contribution in [3.63, 3.8) is 0 Å². The van der Waals surface area contributed by atoms with Gasteiger partial charge in [0, 0.05) is 12.8 Å². The van der Waals surface area contributed by atoms with Crippen LogP contribution in [0.2, 0.25) is 0 Å². The van der Waals surface area contributed by atoms with Gasteiger partial charge in [0.1, 0.15) is 36.8 Å². The quantitative estimate of drug-likeness (QED) is 0.0291. The molecular weight excluding hydrogens is 692 g/mol. The van der Waals surface area contributed by atoms with Gasteiger partial charge in [-0.15, -0.1) is 0 Å². The molecule has 0 radical (unpaired) electrons. The number of carbonyl (C=O) groups excluding carboxylic acids is 2. The lowest BCUT2D eigenvalue weighted by molar-refractivity contribution is -0.297. The van der Waals surface area contributed by atoms with E-state index >= 15 is 0 Å². The van der Waals surface area contributed by atoms with Crippen LogP contribution in [-0.4, -0.2) is 96.0 Å². The summed E-state index contributed by atoms with van der Waals surface area (Å²) in [5.41, 5.74) is 0. The standard InChI is InChI=1S/C39H74O12S/c1-3-5-7-9-11-13-15-16-18-20-22-24-26-28-35(41)50-32(29-48-34(40)27-25-23-21-19-17-14-12-10-8-6-4-2)30-49-39-38(44)37(43)36(42)33(51-39)31-52(45,46)47/h32-33,36-39,42-44H,3-31H2,1-2H3,(H,45,46,47)/t32-,33-,36-,37?,38?,39+/m1/s1. The van der Waals surface area contributed by atoms with E-state index in [4.69, 9.17) is 18.9 Å². The van der Waals surface area contributed by atoms with Crippen LogP contribution in [0.3, 0.4) is 0 Å². The molecule has 1 aliphatic rings. The summed E-state index contributed by atoms with van der Waals surface area (Å²) >= 11 is 0. The van der Waals surface area contributed by atoms with Gasteiger partial charge in [0.2, 0.25) is 0 Å². The van der Waals surface area contributed by atoms with Gasteiger partial charge in [0.25, 0.3) is 10.1 Å². The Balaban J connectivity index is 2.49. The number of carbonyl (C=O) groups is 2. The molecule has 6 atom stereocenters. The molecule has 0 saturated carbocycles. The Morgan fingerprint density at radius 1 is 0.577 bits per heavy atom. The highest BCUT2D eigenvalue weighted by molar-refractivity contribution is 7.85. The van der Waals surface area contributed by atoms with Crippen molar-refractivity contribution in [2.45, 2.75) is 218 Å². The molecule has 52 heavy (non-hydrogen) atoms. The molecular formula is C39H74O12S. The van der Waals surface area contributed by atoms with E-state index < -0.39 is 71.2 Å². The van der Waals surface area contributed by atoms with Crippen molar-refractivity contribution in [3.05, 3.63) is 0 Å². The second-order valence-corrected chi connectivity index (χ2v) is 16.2. The monoisotopic (exact) mass is 766 g/mol. The third-order valence-corrected chi connectivity index (χ3v) is 10.4. The minimum Gasteiger partial charge on any atom is -0.462 e. The third kappa shape index (κ3) is 25.6. The number of hydrogen-bond donors (Lipinski definition) is 4.